The molecule has 0 bridgehead atoms. The van der Waals surface area contributed by atoms with Gasteiger partial charge in [0.1, 0.15) is 6.04 Å². The molecule has 0 aromatic heterocycles. The van der Waals surface area contributed by atoms with Crippen LogP contribution in [-0.2, 0) is 6.42 Å². The lowest BCUT2D eigenvalue weighted by Gasteiger charge is -2.23. The topological polar surface area (TPSA) is 28.5 Å². The Balaban J connectivity index is 2.00. The van der Waals surface area contributed by atoms with Crippen LogP contribution in [0.4, 0.5) is 5.69 Å². The van der Waals surface area contributed by atoms with Crippen LogP contribution in [-0.4, -0.2) is 25.8 Å². The van der Waals surface area contributed by atoms with E-state index in [0.29, 0.717) is 11.2 Å². The lowest BCUT2D eigenvalue weighted by Crippen LogP contribution is -3.07. The highest BCUT2D eigenvalue weighted by atomic mass is 32.1. The van der Waals surface area contributed by atoms with Gasteiger partial charge in [-0.2, -0.15) is 0 Å². The molecule has 2 rings (SSSR count). The van der Waals surface area contributed by atoms with E-state index in [2.05, 4.69) is 88.0 Å². The molecule has 0 saturated carbocycles. The van der Waals surface area contributed by atoms with Gasteiger partial charge in [-0.15, -0.1) is 0 Å². The third-order valence-corrected chi connectivity index (χ3v) is 5.05. The van der Waals surface area contributed by atoms with E-state index in [0.717, 1.165) is 18.7 Å². The Morgan fingerprint density at radius 3 is 2.36 bits per heavy atom. The van der Waals surface area contributed by atoms with E-state index in [1.54, 1.807) is 0 Å². The van der Waals surface area contributed by atoms with E-state index >= 15 is 0 Å². The summed E-state index contributed by atoms with van der Waals surface area (Å²) >= 11 is 5.50. The molecule has 0 aliphatic heterocycles. The first kappa shape index (κ1) is 19.4. The molecule has 3 nitrogen and oxygen atoms in total. The van der Waals surface area contributed by atoms with Crippen LogP contribution >= 0.6 is 12.2 Å². The van der Waals surface area contributed by atoms with Crippen LogP contribution in [0.5, 0.6) is 0 Å². The Labute approximate surface area is 157 Å². The van der Waals surface area contributed by atoms with Crippen molar-refractivity contribution < 1.29 is 4.90 Å². The fraction of sp³-hybridized carbons (Fsp3) is 0.381. The summed E-state index contributed by atoms with van der Waals surface area (Å²) in [5.41, 5.74) is 6.27. The normalized spacial score (nSPS) is 12.1. The minimum absolute atomic E-state index is 0.351. The zero-order valence-electron chi connectivity index (χ0n) is 15.9. The molecule has 0 spiro atoms. The highest BCUT2D eigenvalue weighted by Crippen LogP contribution is 2.18. The van der Waals surface area contributed by atoms with Gasteiger partial charge in [-0.1, -0.05) is 43.3 Å². The van der Waals surface area contributed by atoms with Crippen molar-refractivity contribution in [2.45, 2.75) is 33.2 Å². The molecule has 134 valence electrons. The van der Waals surface area contributed by atoms with E-state index in [9.17, 15) is 0 Å². The number of benzene rings is 2. The number of likely N-dealkylation sites (N-methyl/N-ethyl adjacent to an activating group) is 1. The molecule has 0 amide bonds. The van der Waals surface area contributed by atoms with Gasteiger partial charge in [0.2, 0.25) is 0 Å². The summed E-state index contributed by atoms with van der Waals surface area (Å²) in [5, 5.41) is 7.38. The fourth-order valence-corrected chi connectivity index (χ4v) is 3.08. The summed E-state index contributed by atoms with van der Waals surface area (Å²) in [6, 6.07) is 15.5. The number of nitrogens with one attached hydrogen (secondary N) is 3. The van der Waals surface area contributed by atoms with E-state index < -0.39 is 0 Å². The minimum atomic E-state index is 0.351. The molecular weight excluding hydrogens is 326 g/mol. The standard InChI is InChI=1S/C21H29N3S/c1-6-17-10-12-18(13-11-17)20(24(4)5)14-22-21(25)23-19-9-7-8-15(2)16(19)3/h7-13,20H,6,14H2,1-5H3,(H2,22,23,25)/p+1/t20-/m0/s1. The third-order valence-electron chi connectivity index (χ3n) is 4.81. The summed E-state index contributed by atoms with van der Waals surface area (Å²) in [6.45, 7) is 7.21. The molecule has 0 radical (unpaired) electrons. The smallest absolute Gasteiger partial charge is 0.171 e. The summed E-state index contributed by atoms with van der Waals surface area (Å²) in [6.07, 6.45) is 1.07. The second-order valence-corrected chi connectivity index (χ2v) is 7.22. The van der Waals surface area contributed by atoms with Crippen LogP contribution in [0.15, 0.2) is 42.5 Å². The molecule has 0 aliphatic rings. The highest BCUT2D eigenvalue weighted by molar-refractivity contribution is 7.80. The number of hydrogen-bond donors (Lipinski definition) is 3. The van der Waals surface area contributed by atoms with Crippen molar-refractivity contribution >= 4 is 23.0 Å². The average Bonchev–Trinajstić information content (AvgIpc) is 2.59. The molecule has 0 fully saturated rings. The van der Waals surface area contributed by atoms with Gasteiger partial charge >= 0.3 is 0 Å². The zero-order valence-corrected chi connectivity index (χ0v) is 16.8. The van der Waals surface area contributed by atoms with Gasteiger partial charge in [0, 0.05) is 11.3 Å². The maximum Gasteiger partial charge on any atom is 0.171 e. The minimum Gasteiger partial charge on any atom is -0.356 e. The molecule has 2 aromatic carbocycles. The lowest BCUT2D eigenvalue weighted by molar-refractivity contribution is -0.890. The highest BCUT2D eigenvalue weighted by Gasteiger charge is 2.18. The SMILES string of the molecule is CCc1ccc([C@H](CNC(=S)Nc2cccc(C)c2C)[NH+](C)C)cc1. The van der Waals surface area contributed by atoms with Gasteiger partial charge in [0.05, 0.1) is 20.6 Å². The van der Waals surface area contributed by atoms with Crippen LogP contribution in [0.2, 0.25) is 0 Å². The number of anilines is 1. The van der Waals surface area contributed by atoms with E-state index in [1.807, 2.05) is 0 Å². The first-order valence-corrected chi connectivity index (χ1v) is 9.33. The summed E-state index contributed by atoms with van der Waals surface area (Å²) in [4.78, 5) is 1.38. The fourth-order valence-electron chi connectivity index (χ4n) is 2.89. The van der Waals surface area contributed by atoms with Crippen LogP contribution in [0, 0.1) is 13.8 Å². The second-order valence-electron chi connectivity index (χ2n) is 6.81. The molecule has 4 heteroatoms. The summed E-state index contributed by atoms with van der Waals surface area (Å²) < 4.78 is 0. The molecule has 0 saturated heterocycles. The molecule has 25 heavy (non-hydrogen) atoms. The van der Waals surface area contributed by atoms with E-state index in [-0.39, 0.29) is 0 Å². The maximum absolute atomic E-state index is 5.50. The molecular formula is C21H30N3S+. The van der Waals surface area contributed by atoms with Crippen molar-refractivity contribution in [3.63, 3.8) is 0 Å². The predicted molar refractivity (Wildman–Crippen MR) is 112 cm³/mol. The zero-order chi connectivity index (χ0) is 18.4. The Morgan fingerprint density at radius 2 is 1.76 bits per heavy atom. The molecule has 0 heterocycles. The number of rotatable bonds is 6. The van der Waals surface area contributed by atoms with Gasteiger partial charge in [-0.3, -0.25) is 0 Å². The predicted octanol–water partition coefficient (Wildman–Crippen LogP) is 3.04. The Bertz CT molecular complexity index is 708. The quantitative estimate of drug-likeness (QED) is 0.695. The molecule has 1 atom stereocenters. The van der Waals surface area contributed by atoms with Crippen molar-refractivity contribution in [1.29, 1.82) is 0 Å². The first-order chi connectivity index (χ1) is 11.9. The lowest BCUT2D eigenvalue weighted by atomic mass is 10.0. The average molecular weight is 357 g/mol. The van der Waals surface area contributed by atoms with Gasteiger partial charge in [0.25, 0.3) is 0 Å². The molecule has 3 N–H and O–H groups in total. The number of quaternary nitrogens is 1. The van der Waals surface area contributed by atoms with Crippen molar-refractivity contribution in [3.8, 4) is 0 Å². The van der Waals surface area contributed by atoms with Crippen LogP contribution in [0.25, 0.3) is 0 Å². The van der Waals surface area contributed by atoms with Crippen molar-refractivity contribution in [3.05, 3.63) is 64.7 Å². The first-order valence-electron chi connectivity index (χ1n) is 8.92. The Hall–Kier alpha value is -1.91. The number of hydrogen-bond acceptors (Lipinski definition) is 1. The molecule has 2 aromatic rings. The largest absolute Gasteiger partial charge is 0.356 e. The summed E-state index contributed by atoms with van der Waals surface area (Å²) in [7, 11) is 4.36. The molecule has 0 unspecified atom stereocenters. The third kappa shape index (κ3) is 5.28. The number of aryl methyl sites for hydroxylation is 2. The monoisotopic (exact) mass is 356 g/mol. The van der Waals surface area contributed by atoms with Crippen molar-refractivity contribution in [1.82, 2.24) is 5.32 Å². The van der Waals surface area contributed by atoms with Gasteiger partial charge < -0.3 is 15.5 Å². The summed E-state index contributed by atoms with van der Waals surface area (Å²) in [5.74, 6) is 0. The van der Waals surface area contributed by atoms with Crippen LogP contribution in [0.1, 0.15) is 35.2 Å². The van der Waals surface area contributed by atoms with E-state index in [1.165, 1.54) is 27.2 Å². The second kappa shape index (κ2) is 8.97. The Morgan fingerprint density at radius 1 is 1.08 bits per heavy atom. The van der Waals surface area contributed by atoms with E-state index in [4.69, 9.17) is 12.2 Å². The van der Waals surface area contributed by atoms with Gasteiger partial charge in [0.15, 0.2) is 5.11 Å². The number of thiocarbonyl (C=S) groups is 1. The maximum atomic E-state index is 5.50. The molecule has 0 aliphatic carbocycles. The van der Waals surface area contributed by atoms with Gasteiger partial charge in [-0.05, 0) is 55.2 Å². The van der Waals surface area contributed by atoms with Crippen LogP contribution < -0.4 is 15.5 Å². The van der Waals surface area contributed by atoms with Crippen molar-refractivity contribution in [2.75, 3.05) is 26.0 Å². The van der Waals surface area contributed by atoms with Gasteiger partial charge in [-0.25, -0.2) is 0 Å². The van der Waals surface area contributed by atoms with Crippen molar-refractivity contribution in [2.24, 2.45) is 0 Å². The van der Waals surface area contributed by atoms with Crippen LogP contribution in [0.3, 0.4) is 0 Å². The Kier molecular flexibility index (Phi) is 6.97.